The molecule has 0 radical (unpaired) electrons. The Morgan fingerprint density at radius 2 is 1.97 bits per heavy atom. The fourth-order valence-corrected chi connectivity index (χ4v) is 3.70. The summed E-state index contributed by atoms with van der Waals surface area (Å²) in [5.74, 6) is 1.44. The highest BCUT2D eigenvalue weighted by atomic mass is 127. The zero-order chi connectivity index (χ0) is 20.6. The highest BCUT2D eigenvalue weighted by molar-refractivity contribution is 14.0. The van der Waals surface area contributed by atoms with Gasteiger partial charge in [-0.05, 0) is 43.0 Å². The Labute approximate surface area is 197 Å². The Bertz CT molecular complexity index is 840. The minimum absolute atomic E-state index is 0. The molecule has 1 saturated heterocycles. The van der Waals surface area contributed by atoms with Gasteiger partial charge >= 0.3 is 0 Å². The molecular formula is C24H33IN4O. The highest BCUT2D eigenvalue weighted by Gasteiger charge is 2.25. The van der Waals surface area contributed by atoms with E-state index < -0.39 is 0 Å². The average Bonchev–Trinajstić information content (AvgIpc) is 3.25. The van der Waals surface area contributed by atoms with E-state index >= 15 is 0 Å². The topological polar surface area (TPSA) is 56.7 Å². The number of hydrogen-bond donors (Lipinski definition) is 2. The number of nitrogens with one attached hydrogen (secondary N) is 2. The Balaban J connectivity index is 0.00000320. The van der Waals surface area contributed by atoms with Gasteiger partial charge in [-0.3, -0.25) is 9.79 Å². The molecule has 1 aliphatic heterocycles. The van der Waals surface area contributed by atoms with Gasteiger partial charge in [0, 0.05) is 44.2 Å². The van der Waals surface area contributed by atoms with Crippen LogP contribution in [0.4, 0.5) is 0 Å². The Morgan fingerprint density at radius 1 is 1.20 bits per heavy atom. The maximum absolute atomic E-state index is 12.4. The first kappa shape index (κ1) is 24.2. The third kappa shape index (κ3) is 6.45. The van der Waals surface area contributed by atoms with Crippen molar-refractivity contribution in [2.75, 3.05) is 20.1 Å². The van der Waals surface area contributed by atoms with Crippen LogP contribution in [0.2, 0.25) is 0 Å². The molecule has 1 amide bonds. The standard InChI is InChI=1S/C24H32N4O.HI/c1-4-18(2)27-23(29)21-12-8-9-19(15-21)16-26-24(25-3)28-14-13-22(17-28)20-10-6-5-7-11-20;/h5-12,15,18,22H,4,13-14,16-17H2,1-3H3,(H,25,26)(H,27,29);1H. The van der Waals surface area contributed by atoms with Gasteiger partial charge in [-0.25, -0.2) is 0 Å². The van der Waals surface area contributed by atoms with Gasteiger partial charge in [0.2, 0.25) is 0 Å². The first-order chi connectivity index (χ1) is 14.1. The molecule has 3 rings (SSSR count). The molecule has 1 heterocycles. The van der Waals surface area contributed by atoms with Crippen LogP contribution >= 0.6 is 24.0 Å². The molecule has 5 nitrogen and oxygen atoms in total. The number of amides is 1. The summed E-state index contributed by atoms with van der Waals surface area (Å²) in [5.41, 5.74) is 3.16. The Morgan fingerprint density at radius 3 is 2.67 bits per heavy atom. The minimum Gasteiger partial charge on any atom is -0.352 e. The molecule has 0 saturated carbocycles. The lowest BCUT2D eigenvalue weighted by molar-refractivity contribution is 0.0939. The van der Waals surface area contributed by atoms with Crippen LogP contribution in [-0.4, -0.2) is 42.9 Å². The van der Waals surface area contributed by atoms with Crippen LogP contribution in [0.1, 0.15) is 54.1 Å². The third-order valence-corrected chi connectivity index (χ3v) is 5.60. The van der Waals surface area contributed by atoms with E-state index in [1.807, 2.05) is 38.2 Å². The summed E-state index contributed by atoms with van der Waals surface area (Å²) in [4.78, 5) is 19.2. The number of halogens is 1. The monoisotopic (exact) mass is 520 g/mol. The van der Waals surface area contributed by atoms with E-state index in [4.69, 9.17) is 0 Å². The fraction of sp³-hybridized carbons (Fsp3) is 0.417. The van der Waals surface area contributed by atoms with Crippen molar-refractivity contribution < 1.29 is 4.79 Å². The summed E-state index contributed by atoms with van der Waals surface area (Å²) in [6.45, 7) is 6.70. The minimum atomic E-state index is -0.0178. The maximum atomic E-state index is 12.4. The Hall–Kier alpha value is -2.09. The lowest BCUT2D eigenvalue weighted by Gasteiger charge is -2.22. The normalized spacial score (nSPS) is 17.2. The first-order valence-electron chi connectivity index (χ1n) is 10.5. The van der Waals surface area contributed by atoms with Crippen molar-refractivity contribution in [1.82, 2.24) is 15.5 Å². The zero-order valence-corrected chi connectivity index (χ0v) is 20.4. The van der Waals surface area contributed by atoms with Crippen molar-refractivity contribution in [3.05, 3.63) is 71.3 Å². The van der Waals surface area contributed by atoms with Gasteiger partial charge in [0.1, 0.15) is 0 Å². The summed E-state index contributed by atoms with van der Waals surface area (Å²) in [6.07, 6.45) is 2.05. The van der Waals surface area contributed by atoms with Crippen molar-refractivity contribution in [2.45, 2.75) is 45.2 Å². The molecule has 30 heavy (non-hydrogen) atoms. The first-order valence-corrected chi connectivity index (χ1v) is 10.5. The van der Waals surface area contributed by atoms with Crippen LogP contribution in [0, 0.1) is 0 Å². The highest BCUT2D eigenvalue weighted by Crippen LogP contribution is 2.26. The van der Waals surface area contributed by atoms with Gasteiger partial charge in [0.25, 0.3) is 5.91 Å². The molecule has 0 aromatic heterocycles. The van der Waals surface area contributed by atoms with Crippen LogP contribution < -0.4 is 10.6 Å². The maximum Gasteiger partial charge on any atom is 0.251 e. The van der Waals surface area contributed by atoms with E-state index in [1.54, 1.807) is 0 Å². The molecule has 2 aromatic carbocycles. The largest absolute Gasteiger partial charge is 0.352 e. The van der Waals surface area contributed by atoms with E-state index in [0.29, 0.717) is 18.0 Å². The number of carbonyl (C=O) groups is 1. The van der Waals surface area contributed by atoms with Gasteiger partial charge in [-0.2, -0.15) is 0 Å². The average molecular weight is 520 g/mol. The molecule has 1 fully saturated rings. The van der Waals surface area contributed by atoms with E-state index in [9.17, 15) is 4.79 Å². The van der Waals surface area contributed by atoms with Crippen molar-refractivity contribution in [3.8, 4) is 0 Å². The Kier molecular flexibility index (Phi) is 9.62. The van der Waals surface area contributed by atoms with Crippen LogP contribution in [-0.2, 0) is 6.54 Å². The van der Waals surface area contributed by atoms with Gasteiger partial charge in [-0.15, -0.1) is 24.0 Å². The number of guanidine groups is 1. The second-order valence-electron chi connectivity index (χ2n) is 7.73. The summed E-state index contributed by atoms with van der Waals surface area (Å²) in [7, 11) is 1.83. The number of carbonyl (C=O) groups excluding carboxylic acids is 1. The molecule has 0 aliphatic carbocycles. The lowest BCUT2D eigenvalue weighted by atomic mass is 9.99. The number of hydrogen-bond acceptors (Lipinski definition) is 2. The molecule has 1 aliphatic rings. The molecule has 162 valence electrons. The van der Waals surface area contributed by atoms with Gasteiger partial charge in [0.15, 0.2) is 5.96 Å². The SMILES string of the molecule is CCC(C)NC(=O)c1cccc(CNC(=NC)N2CCC(c3ccccc3)C2)c1.I. The second kappa shape index (κ2) is 11.9. The summed E-state index contributed by atoms with van der Waals surface area (Å²) in [6, 6.07) is 18.7. The molecule has 2 aromatic rings. The van der Waals surface area contributed by atoms with Crippen molar-refractivity contribution in [1.29, 1.82) is 0 Å². The van der Waals surface area contributed by atoms with E-state index in [1.165, 1.54) is 5.56 Å². The van der Waals surface area contributed by atoms with Gasteiger partial charge < -0.3 is 15.5 Å². The molecule has 2 atom stereocenters. The second-order valence-corrected chi connectivity index (χ2v) is 7.73. The van der Waals surface area contributed by atoms with Crippen LogP contribution in [0.5, 0.6) is 0 Å². The van der Waals surface area contributed by atoms with Crippen LogP contribution in [0.3, 0.4) is 0 Å². The molecule has 2 N–H and O–H groups in total. The van der Waals surface area contributed by atoms with Crippen LogP contribution in [0.15, 0.2) is 59.6 Å². The number of benzene rings is 2. The predicted octanol–water partition coefficient (Wildman–Crippen LogP) is 4.40. The van der Waals surface area contributed by atoms with Crippen molar-refractivity contribution in [3.63, 3.8) is 0 Å². The zero-order valence-electron chi connectivity index (χ0n) is 18.1. The van der Waals surface area contributed by atoms with Gasteiger partial charge in [0.05, 0.1) is 0 Å². The van der Waals surface area contributed by atoms with Crippen LogP contribution in [0.25, 0.3) is 0 Å². The van der Waals surface area contributed by atoms with Gasteiger partial charge in [-0.1, -0.05) is 49.4 Å². The predicted molar refractivity (Wildman–Crippen MR) is 135 cm³/mol. The third-order valence-electron chi connectivity index (χ3n) is 5.60. The van der Waals surface area contributed by atoms with E-state index in [0.717, 1.165) is 37.5 Å². The smallest absolute Gasteiger partial charge is 0.251 e. The van der Waals surface area contributed by atoms with E-state index in [2.05, 4.69) is 57.8 Å². The number of rotatable bonds is 6. The molecule has 0 spiro atoms. The molecule has 0 bridgehead atoms. The molecule has 6 heteroatoms. The van der Waals surface area contributed by atoms with Crippen molar-refractivity contribution in [2.24, 2.45) is 4.99 Å². The molecule has 2 unspecified atom stereocenters. The fourth-order valence-electron chi connectivity index (χ4n) is 3.70. The van der Waals surface area contributed by atoms with E-state index in [-0.39, 0.29) is 35.9 Å². The number of aliphatic imine (C=N–C) groups is 1. The summed E-state index contributed by atoms with van der Waals surface area (Å²) >= 11 is 0. The molecular weight excluding hydrogens is 487 g/mol. The van der Waals surface area contributed by atoms with Crippen molar-refractivity contribution >= 4 is 35.8 Å². The number of nitrogens with zero attached hydrogens (tertiary/aromatic N) is 2. The summed E-state index contributed by atoms with van der Waals surface area (Å²) in [5, 5.41) is 6.48. The lowest BCUT2D eigenvalue weighted by Crippen LogP contribution is -2.39. The summed E-state index contributed by atoms with van der Waals surface area (Å²) < 4.78 is 0. The quantitative estimate of drug-likeness (QED) is 0.338. The number of likely N-dealkylation sites (tertiary alicyclic amines) is 1.